The van der Waals surface area contributed by atoms with Gasteiger partial charge in [-0.2, -0.15) is 0 Å². The molecule has 186 valence electrons. The average molecular weight is 457 g/mol. The molecule has 0 aromatic rings. The van der Waals surface area contributed by atoms with Gasteiger partial charge in [-0.05, 0) is 84.9 Å². The zero-order valence-corrected chi connectivity index (χ0v) is 22.2. The topological polar surface area (TPSA) is 49.7 Å². The average Bonchev–Trinajstić information content (AvgIpc) is 3.05. The quantitative estimate of drug-likeness (QED) is 0.441. The minimum Gasteiger partial charge on any atom is -0.393 e. The van der Waals surface area contributed by atoms with Crippen molar-refractivity contribution >= 4 is 0 Å². The second kappa shape index (κ2) is 6.48. The summed E-state index contributed by atoms with van der Waals surface area (Å²) in [6, 6.07) is 0. The number of rotatable bonds is 0. The van der Waals surface area contributed by atoms with E-state index in [1.165, 1.54) is 12.8 Å². The lowest BCUT2D eigenvalue weighted by molar-refractivity contribution is -0.260. The maximum atomic E-state index is 11.9. The predicted octanol–water partition coefficient (Wildman–Crippen LogP) is 5.98. The number of hydrogen-bond acceptors (Lipinski definition) is 3. The highest BCUT2D eigenvalue weighted by atomic mass is 16.5. The van der Waals surface area contributed by atoms with E-state index in [1.807, 2.05) is 0 Å². The highest BCUT2D eigenvalue weighted by Gasteiger charge is 2.79. The van der Waals surface area contributed by atoms with Gasteiger partial charge in [-0.3, -0.25) is 0 Å². The Kier molecular flexibility index (Phi) is 4.53. The van der Waals surface area contributed by atoms with Crippen LogP contribution in [-0.4, -0.2) is 34.6 Å². The Labute approximate surface area is 201 Å². The van der Waals surface area contributed by atoms with E-state index in [0.717, 1.165) is 38.7 Å². The molecule has 2 bridgehead atoms. The van der Waals surface area contributed by atoms with Gasteiger partial charge in [-0.1, -0.05) is 60.6 Å². The van der Waals surface area contributed by atoms with Crippen LogP contribution in [0.25, 0.3) is 0 Å². The van der Waals surface area contributed by atoms with Crippen molar-refractivity contribution in [2.75, 3.05) is 6.61 Å². The number of ether oxygens (including phenoxy) is 1. The van der Waals surface area contributed by atoms with Crippen LogP contribution in [0.2, 0.25) is 0 Å². The van der Waals surface area contributed by atoms with Gasteiger partial charge in [0.2, 0.25) is 0 Å². The van der Waals surface area contributed by atoms with Crippen LogP contribution < -0.4 is 0 Å². The van der Waals surface area contributed by atoms with E-state index < -0.39 is 0 Å². The third kappa shape index (κ3) is 2.31. The minimum absolute atomic E-state index is 0.0450. The molecule has 3 nitrogen and oxygen atoms in total. The van der Waals surface area contributed by atoms with Crippen molar-refractivity contribution in [3.63, 3.8) is 0 Å². The highest BCUT2D eigenvalue weighted by Crippen LogP contribution is 2.79. The first kappa shape index (κ1) is 23.0. The summed E-state index contributed by atoms with van der Waals surface area (Å²) in [5.41, 5.74) is -0.168. The summed E-state index contributed by atoms with van der Waals surface area (Å²) in [5.74, 6) is 2.65. The van der Waals surface area contributed by atoms with Crippen LogP contribution in [0.4, 0.5) is 0 Å². The first-order valence-corrected chi connectivity index (χ1v) is 14.0. The molecule has 1 aliphatic heterocycles. The van der Waals surface area contributed by atoms with Crippen molar-refractivity contribution in [3.05, 3.63) is 12.2 Å². The monoisotopic (exact) mass is 456 g/mol. The van der Waals surface area contributed by atoms with Gasteiger partial charge in [0, 0.05) is 16.7 Å². The Hall–Kier alpha value is -0.380. The van der Waals surface area contributed by atoms with Crippen LogP contribution in [0.1, 0.15) is 93.4 Å². The molecule has 2 N–H and O–H groups in total. The molecule has 6 rings (SSSR count). The number of aliphatic hydroxyl groups is 2. The molecule has 1 spiro atoms. The molecule has 0 unspecified atom stereocenters. The first-order chi connectivity index (χ1) is 15.3. The Morgan fingerprint density at radius 3 is 2.33 bits per heavy atom. The van der Waals surface area contributed by atoms with Gasteiger partial charge in [0.05, 0.1) is 24.4 Å². The molecule has 33 heavy (non-hydrogen) atoms. The van der Waals surface area contributed by atoms with Crippen LogP contribution in [0.3, 0.4) is 0 Å². The van der Waals surface area contributed by atoms with Crippen molar-refractivity contribution in [1.29, 1.82) is 0 Å². The highest BCUT2D eigenvalue weighted by molar-refractivity contribution is 5.36. The largest absolute Gasteiger partial charge is 0.393 e. The Morgan fingerprint density at radius 1 is 0.879 bits per heavy atom. The second-order valence-electron chi connectivity index (χ2n) is 14.9. The van der Waals surface area contributed by atoms with Crippen LogP contribution in [0, 0.1) is 56.7 Å². The SMILES string of the molecule is C[C@H]1[C@H](C)CC[C@]23CO[C@@]4(C=C[C@H]5[C@@]6(C)CC[C@H](O)C(C)(C)[C@@H]6CC[C@@]5(C)[C@]4(C)C[C@@H]2O)[C@H]13. The summed E-state index contributed by atoms with van der Waals surface area (Å²) in [4.78, 5) is 0. The molecule has 5 aliphatic carbocycles. The van der Waals surface area contributed by atoms with Gasteiger partial charge in [0.25, 0.3) is 0 Å². The molecule has 0 amide bonds. The third-order valence-corrected chi connectivity index (χ3v) is 13.9. The van der Waals surface area contributed by atoms with E-state index in [1.54, 1.807) is 0 Å². The summed E-state index contributed by atoms with van der Waals surface area (Å²) in [5, 5.41) is 22.8. The van der Waals surface area contributed by atoms with Crippen molar-refractivity contribution in [1.82, 2.24) is 0 Å². The zero-order valence-electron chi connectivity index (χ0n) is 22.2. The molecule has 5 fully saturated rings. The first-order valence-electron chi connectivity index (χ1n) is 14.0. The summed E-state index contributed by atoms with van der Waals surface area (Å²) >= 11 is 0. The molecule has 12 atom stereocenters. The van der Waals surface area contributed by atoms with Crippen molar-refractivity contribution in [2.24, 2.45) is 56.7 Å². The molecule has 0 aromatic carbocycles. The van der Waals surface area contributed by atoms with Crippen LogP contribution in [-0.2, 0) is 4.74 Å². The minimum atomic E-state index is -0.266. The predicted molar refractivity (Wildman–Crippen MR) is 131 cm³/mol. The van der Waals surface area contributed by atoms with Gasteiger partial charge < -0.3 is 14.9 Å². The summed E-state index contributed by atoms with van der Waals surface area (Å²) < 4.78 is 7.05. The molecule has 6 aliphatic rings. The number of fused-ring (bicyclic) bond motifs is 4. The maximum Gasteiger partial charge on any atom is 0.0960 e. The fraction of sp³-hybridized carbons (Fsp3) is 0.933. The van der Waals surface area contributed by atoms with E-state index in [0.29, 0.717) is 29.6 Å². The summed E-state index contributed by atoms with van der Waals surface area (Å²) in [6.07, 6.45) is 12.2. The van der Waals surface area contributed by atoms with Gasteiger partial charge in [-0.25, -0.2) is 0 Å². The fourth-order valence-electron chi connectivity index (χ4n) is 11.6. The lowest BCUT2D eigenvalue weighted by atomic mass is 9.31. The van der Waals surface area contributed by atoms with Gasteiger partial charge in [-0.15, -0.1) is 0 Å². The van der Waals surface area contributed by atoms with Crippen molar-refractivity contribution < 1.29 is 14.9 Å². The second-order valence-corrected chi connectivity index (χ2v) is 14.9. The lowest BCUT2D eigenvalue weighted by Gasteiger charge is -2.73. The fourth-order valence-corrected chi connectivity index (χ4v) is 11.6. The Morgan fingerprint density at radius 2 is 1.61 bits per heavy atom. The number of allylic oxidation sites excluding steroid dienone is 1. The molecule has 0 radical (unpaired) electrons. The van der Waals surface area contributed by atoms with Gasteiger partial charge in [0.15, 0.2) is 0 Å². The van der Waals surface area contributed by atoms with E-state index in [4.69, 9.17) is 4.74 Å². The van der Waals surface area contributed by atoms with Crippen molar-refractivity contribution in [3.8, 4) is 0 Å². The Balaban J connectivity index is 1.51. The van der Waals surface area contributed by atoms with Gasteiger partial charge in [0.1, 0.15) is 0 Å². The molecular formula is C30H48O3. The lowest BCUT2D eigenvalue weighted by Crippen LogP contribution is -2.73. The van der Waals surface area contributed by atoms with E-state index in [-0.39, 0.29) is 44.9 Å². The van der Waals surface area contributed by atoms with Crippen LogP contribution in [0.15, 0.2) is 12.2 Å². The smallest absolute Gasteiger partial charge is 0.0960 e. The summed E-state index contributed by atoms with van der Waals surface area (Å²) in [6.45, 7) is 17.8. The third-order valence-electron chi connectivity index (χ3n) is 13.9. The number of hydrogen-bond donors (Lipinski definition) is 2. The van der Waals surface area contributed by atoms with Gasteiger partial charge >= 0.3 is 0 Å². The van der Waals surface area contributed by atoms with E-state index >= 15 is 0 Å². The Bertz CT molecular complexity index is 880. The molecular weight excluding hydrogens is 408 g/mol. The number of aliphatic hydroxyl groups excluding tert-OH is 2. The van der Waals surface area contributed by atoms with Crippen molar-refractivity contribution in [2.45, 2.75) is 111 Å². The maximum absolute atomic E-state index is 11.9. The standard InChI is InChI=1S/C30H48O3/c1-18-8-14-29-17-33-30(24(29)19(18)2)15-10-21-26(5)12-11-22(31)25(3,4)20(26)9-13-27(21,6)28(30,7)16-23(29)32/h10,15,18-24,31-32H,8-9,11-14,16-17H2,1-7H3/t18-,19+,20+,21+,22+,23+,24-,26+,27-,28+,29+,30+/m1/s1. The molecule has 1 saturated heterocycles. The van der Waals surface area contributed by atoms with Crippen LogP contribution in [0.5, 0.6) is 0 Å². The zero-order chi connectivity index (χ0) is 23.8. The molecule has 4 saturated carbocycles. The van der Waals surface area contributed by atoms with Crippen LogP contribution >= 0.6 is 0 Å². The normalized spacial score (nSPS) is 63.2. The van der Waals surface area contributed by atoms with E-state index in [9.17, 15) is 10.2 Å². The molecule has 3 heteroatoms. The molecule has 1 heterocycles. The summed E-state index contributed by atoms with van der Waals surface area (Å²) in [7, 11) is 0. The van der Waals surface area contributed by atoms with E-state index in [2.05, 4.69) is 60.6 Å². The molecule has 0 aromatic heterocycles.